The SMILES string of the molecule is C#CCCNCC(C)CCC. The molecule has 0 radical (unpaired) electrons. The maximum Gasteiger partial charge on any atom is 0.0211 e. The van der Waals surface area contributed by atoms with Crippen LogP contribution in [-0.2, 0) is 0 Å². The van der Waals surface area contributed by atoms with Crippen molar-refractivity contribution in [3.63, 3.8) is 0 Å². The second-order valence-corrected chi connectivity index (χ2v) is 3.05. The third-order valence-electron chi connectivity index (χ3n) is 1.72. The predicted molar refractivity (Wildman–Crippen MR) is 50.4 cm³/mol. The molecule has 0 spiro atoms. The average molecular weight is 153 g/mol. The molecule has 1 atom stereocenters. The molecule has 0 fully saturated rings. The van der Waals surface area contributed by atoms with Gasteiger partial charge in [0.2, 0.25) is 0 Å². The van der Waals surface area contributed by atoms with Crippen molar-refractivity contribution in [1.82, 2.24) is 5.32 Å². The van der Waals surface area contributed by atoms with Gasteiger partial charge in [0.25, 0.3) is 0 Å². The van der Waals surface area contributed by atoms with Gasteiger partial charge in [0, 0.05) is 13.0 Å². The molecule has 0 saturated carbocycles. The number of hydrogen-bond donors (Lipinski definition) is 1. The Labute approximate surface area is 70.6 Å². The monoisotopic (exact) mass is 153 g/mol. The Morgan fingerprint density at radius 3 is 2.82 bits per heavy atom. The van der Waals surface area contributed by atoms with E-state index in [-0.39, 0.29) is 0 Å². The largest absolute Gasteiger partial charge is 0.316 e. The summed E-state index contributed by atoms with van der Waals surface area (Å²) in [5.41, 5.74) is 0. The van der Waals surface area contributed by atoms with Gasteiger partial charge in [0.1, 0.15) is 0 Å². The first-order valence-electron chi connectivity index (χ1n) is 4.45. The highest BCUT2D eigenvalue weighted by atomic mass is 14.8. The van der Waals surface area contributed by atoms with E-state index >= 15 is 0 Å². The normalized spacial score (nSPS) is 12.5. The summed E-state index contributed by atoms with van der Waals surface area (Å²) in [7, 11) is 0. The van der Waals surface area contributed by atoms with Gasteiger partial charge < -0.3 is 5.32 Å². The van der Waals surface area contributed by atoms with E-state index in [1.807, 2.05) is 0 Å². The molecule has 0 amide bonds. The van der Waals surface area contributed by atoms with E-state index in [4.69, 9.17) is 6.42 Å². The molecule has 0 aromatic heterocycles. The summed E-state index contributed by atoms with van der Waals surface area (Å²) in [4.78, 5) is 0. The van der Waals surface area contributed by atoms with Crippen LogP contribution in [0, 0.1) is 18.3 Å². The molecule has 64 valence electrons. The molecule has 1 N–H and O–H groups in total. The van der Waals surface area contributed by atoms with Crippen molar-refractivity contribution < 1.29 is 0 Å². The molecule has 0 rings (SSSR count). The minimum Gasteiger partial charge on any atom is -0.316 e. The fourth-order valence-electron chi connectivity index (χ4n) is 1.10. The van der Waals surface area contributed by atoms with Gasteiger partial charge in [-0.05, 0) is 18.9 Å². The maximum atomic E-state index is 5.11. The number of hydrogen-bond acceptors (Lipinski definition) is 1. The summed E-state index contributed by atoms with van der Waals surface area (Å²) < 4.78 is 0. The standard InChI is InChI=1S/C10H19N/c1-4-6-8-11-9-10(3)7-5-2/h1,10-11H,5-9H2,2-3H3. The Hall–Kier alpha value is -0.480. The second-order valence-electron chi connectivity index (χ2n) is 3.05. The molecule has 1 unspecified atom stereocenters. The van der Waals surface area contributed by atoms with Crippen LogP contribution in [0.2, 0.25) is 0 Å². The van der Waals surface area contributed by atoms with E-state index < -0.39 is 0 Å². The molecule has 1 nitrogen and oxygen atoms in total. The molecule has 0 saturated heterocycles. The van der Waals surface area contributed by atoms with E-state index in [0.717, 1.165) is 25.4 Å². The highest BCUT2D eigenvalue weighted by molar-refractivity contribution is 4.84. The second kappa shape index (κ2) is 7.63. The van der Waals surface area contributed by atoms with Crippen LogP contribution in [-0.4, -0.2) is 13.1 Å². The fraction of sp³-hybridized carbons (Fsp3) is 0.800. The molecule has 11 heavy (non-hydrogen) atoms. The summed E-state index contributed by atoms with van der Waals surface area (Å²) in [6.45, 7) is 6.56. The molecule has 0 aliphatic rings. The van der Waals surface area contributed by atoms with E-state index in [1.165, 1.54) is 12.8 Å². The Balaban J connectivity index is 3.05. The Morgan fingerprint density at radius 1 is 1.55 bits per heavy atom. The smallest absolute Gasteiger partial charge is 0.0211 e. The van der Waals surface area contributed by atoms with Gasteiger partial charge in [-0.3, -0.25) is 0 Å². The minimum atomic E-state index is 0.790. The summed E-state index contributed by atoms with van der Waals surface area (Å²) in [6, 6.07) is 0. The van der Waals surface area contributed by atoms with Gasteiger partial charge in [-0.1, -0.05) is 20.3 Å². The van der Waals surface area contributed by atoms with Crippen molar-refractivity contribution >= 4 is 0 Å². The summed E-state index contributed by atoms with van der Waals surface area (Å²) in [6.07, 6.45) is 8.54. The molecule has 0 aromatic carbocycles. The molecule has 0 aliphatic heterocycles. The Morgan fingerprint density at radius 2 is 2.27 bits per heavy atom. The van der Waals surface area contributed by atoms with Gasteiger partial charge in [-0.15, -0.1) is 12.3 Å². The van der Waals surface area contributed by atoms with Crippen LogP contribution in [0.4, 0.5) is 0 Å². The van der Waals surface area contributed by atoms with Crippen molar-refractivity contribution in [2.75, 3.05) is 13.1 Å². The molecular weight excluding hydrogens is 134 g/mol. The summed E-state index contributed by atoms with van der Waals surface area (Å²) >= 11 is 0. The predicted octanol–water partition coefficient (Wildman–Crippen LogP) is 2.04. The van der Waals surface area contributed by atoms with Crippen LogP contribution >= 0.6 is 0 Å². The molecule has 0 heterocycles. The van der Waals surface area contributed by atoms with E-state index in [0.29, 0.717) is 0 Å². The van der Waals surface area contributed by atoms with Gasteiger partial charge in [-0.2, -0.15) is 0 Å². The van der Waals surface area contributed by atoms with Crippen molar-refractivity contribution in [1.29, 1.82) is 0 Å². The van der Waals surface area contributed by atoms with Gasteiger partial charge in [-0.25, -0.2) is 0 Å². The molecule has 1 heteroatoms. The van der Waals surface area contributed by atoms with Gasteiger partial charge in [0.05, 0.1) is 0 Å². The van der Waals surface area contributed by atoms with Crippen LogP contribution in [0.3, 0.4) is 0 Å². The van der Waals surface area contributed by atoms with Crippen LogP contribution < -0.4 is 5.32 Å². The fourth-order valence-corrected chi connectivity index (χ4v) is 1.10. The molecule has 0 aromatic rings. The first kappa shape index (κ1) is 10.5. The van der Waals surface area contributed by atoms with Gasteiger partial charge >= 0.3 is 0 Å². The zero-order chi connectivity index (χ0) is 8.53. The molecular formula is C10H19N. The highest BCUT2D eigenvalue weighted by Crippen LogP contribution is 2.02. The van der Waals surface area contributed by atoms with E-state index in [1.54, 1.807) is 0 Å². The van der Waals surface area contributed by atoms with Crippen LogP contribution in [0.5, 0.6) is 0 Å². The van der Waals surface area contributed by atoms with Crippen LogP contribution in [0.25, 0.3) is 0 Å². The lowest BCUT2D eigenvalue weighted by molar-refractivity contribution is 0.480. The minimum absolute atomic E-state index is 0.790. The van der Waals surface area contributed by atoms with Crippen molar-refractivity contribution in [2.45, 2.75) is 33.1 Å². The maximum absolute atomic E-state index is 5.11. The summed E-state index contributed by atoms with van der Waals surface area (Å²) in [5.74, 6) is 3.40. The number of rotatable bonds is 6. The third kappa shape index (κ3) is 7.42. The lowest BCUT2D eigenvalue weighted by Crippen LogP contribution is -2.21. The highest BCUT2D eigenvalue weighted by Gasteiger charge is 1.97. The first-order chi connectivity index (χ1) is 5.31. The van der Waals surface area contributed by atoms with Crippen molar-refractivity contribution in [3.05, 3.63) is 0 Å². The first-order valence-corrected chi connectivity index (χ1v) is 4.45. The summed E-state index contributed by atoms with van der Waals surface area (Å²) in [5, 5.41) is 3.33. The third-order valence-corrected chi connectivity index (χ3v) is 1.72. The number of terminal acetylenes is 1. The van der Waals surface area contributed by atoms with E-state index in [9.17, 15) is 0 Å². The number of nitrogens with one attached hydrogen (secondary N) is 1. The van der Waals surface area contributed by atoms with Crippen LogP contribution in [0.15, 0.2) is 0 Å². The van der Waals surface area contributed by atoms with Crippen molar-refractivity contribution in [2.24, 2.45) is 5.92 Å². The quantitative estimate of drug-likeness (QED) is 0.455. The van der Waals surface area contributed by atoms with Crippen molar-refractivity contribution in [3.8, 4) is 12.3 Å². The molecule has 0 bridgehead atoms. The molecule has 0 aliphatic carbocycles. The zero-order valence-corrected chi connectivity index (χ0v) is 7.69. The van der Waals surface area contributed by atoms with E-state index in [2.05, 4.69) is 25.1 Å². The van der Waals surface area contributed by atoms with Crippen LogP contribution in [0.1, 0.15) is 33.1 Å². The Bertz CT molecular complexity index is 113. The Kier molecular flexibility index (Phi) is 7.29. The lowest BCUT2D eigenvalue weighted by atomic mass is 10.1. The zero-order valence-electron chi connectivity index (χ0n) is 7.69. The topological polar surface area (TPSA) is 12.0 Å². The average Bonchev–Trinajstić information content (AvgIpc) is 1.99. The van der Waals surface area contributed by atoms with Gasteiger partial charge in [0.15, 0.2) is 0 Å². The lowest BCUT2D eigenvalue weighted by Gasteiger charge is -2.09.